The van der Waals surface area contributed by atoms with Crippen molar-refractivity contribution in [2.45, 2.75) is 46.3 Å². The van der Waals surface area contributed by atoms with Gasteiger partial charge >= 0.3 is 0 Å². The summed E-state index contributed by atoms with van der Waals surface area (Å²) in [5, 5.41) is 12.1. The van der Waals surface area contributed by atoms with Crippen molar-refractivity contribution in [1.82, 2.24) is 25.0 Å². The third-order valence-electron chi connectivity index (χ3n) is 6.98. The fourth-order valence-electron chi connectivity index (χ4n) is 4.87. The molecule has 7 nitrogen and oxygen atoms in total. The Bertz CT molecular complexity index is 1310. The number of nitrogens with one attached hydrogen (secondary N) is 1. The standard InChI is InChI=1S/C29H33N5O2/c1-20(2)27(30-29(35)24-13-17-36-19-24)28-32-31-26-12-14-33(15-16-34(26)28)18-22-8-10-23(11-9-22)25-7-5-4-6-21(25)3/h4-11,13,17,19-20,27H,12,14-16,18H2,1-3H3,(H,30,35). The minimum atomic E-state index is -0.228. The van der Waals surface area contributed by atoms with Crippen LogP contribution in [-0.4, -0.2) is 38.7 Å². The first-order valence-corrected chi connectivity index (χ1v) is 12.6. The first-order chi connectivity index (χ1) is 17.5. The number of hydrogen-bond acceptors (Lipinski definition) is 5. The van der Waals surface area contributed by atoms with Gasteiger partial charge in [-0.1, -0.05) is 62.4 Å². The number of aryl methyl sites for hydroxylation is 1. The summed E-state index contributed by atoms with van der Waals surface area (Å²) in [4.78, 5) is 15.2. The first kappa shape index (κ1) is 24.0. The minimum Gasteiger partial charge on any atom is -0.472 e. The molecule has 1 unspecified atom stereocenters. The summed E-state index contributed by atoms with van der Waals surface area (Å²) in [5.41, 5.74) is 5.63. The van der Waals surface area contributed by atoms with Gasteiger partial charge in [0.25, 0.3) is 5.91 Å². The number of nitrogens with zero attached hydrogens (tertiary/aromatic N) is 4. The third kappa shape index (κ3) is 5.11. The van der Waals surface area contributed by atoms with Crippen molar-refractivity contribution in [2.75, 3.05) is 13.1 Å². The molecule has 0 spiro atoms. The Labute approximate surface area is 212 Å². The van der Waals surface area contributed by atoms with Crippen LogP contribution < -0.4 is 5.32 Å². The maximum atomic E-state index is 12.7. The average molecular weight is 484 g/mol. The Morgan fingerprint density at radius 2 is 1.83 bits per heavy atom. The van der Waals surface area contributed by atoms with Crippen molar-refractivity contribution in [3.63, 3.8) is 0 Å². The van der Waals surface area contributed by atoms with E-state index < -0.39 is 0 Å². The van der Waals surface area contributed by atoms with Crippen LogP contribution in [0, 0.1) is 12.8 Å². The molecule has 7 heteroatoms. The Balaban J connectivity index is 1.26. The quantitative estimate of drug-likeness (QED) is 0.399. The van der Waals surface area contributed by atoms with Crippen LogP contribution in [0.25, 0.3) is 11.1 Å². The maximum Gasteiger partial charge on any atom is 0.255 e. The van der Waals surface area contributed by atoms with Gasteiger partial charge in [0, 0.05) is 32.6 Å². The molecule has 2 aromatic heterocycles. The molecule has 4 aromatic rings. The molecule has 0 bridgehead atoms. The predicted molar refractivity (Wildman–Crippen MR) is 139 cm³/mol. The molecule has 36 heavy (non-hydrogen) atoms. The van der Waals surface area contributed by atoms with Gasteiger partial charge in [-0.15, -0.1) is 10.2 Å². The highest BCUT2D eigenvalue weighted by Crippen LogP contribution is 2.25. The molecule has 0 saturated heterocycles. The lowest BCUT2D eigenvalue weighted by Gasteiger charge is -2.23. The molecule has 1 atom stereocenters. The molecule has 186 valence electrons. The molecule has 2 aromatic carbocycles. The summed E-state index contributed by atoms with van der Waals surface area (Å²) in [5.74, 6) is 1.80. The fraction of sp³-hybridized carbons (Fsp3) is 0.345. The highest BCUT2D eigenvalue weighted by atomic mass is 16.3. The van der Waals surface area contributed by atoms with Gasteiger partial charge in [-0.25, -0.2) is 0 Å². The molecular weight excluding hydrogens is 450 g/mol. The van der Waals surface area contributed by atoms with Crippen LogP contribution in [0.15, 0.2) is 71.5 Å². The van der Waals surface area contributed by atoms with Gasteiger partial charge in [-0.05, 0) is 41.2 Å². The number of benzene rings is 2. The van der Waals surface area contributed by atoms with E-state index in [0.29, 0.717) is 5.56 Å². The number of fused-ring (bicyclic) bond motifs is 1. The molecule has 0 fully saturated rings. The number of aromatic nitrogens is 3. The highest BCUT2D eigenvalue weighted by Gasteiger charge is 2.28. The normalized spacial score (nSPS) is 14.9. The molecule has 1 aliphatic rings. The molecule has 5 rings (SSSR count). The van der Waals surface area contributed by atoms with Crippen molar-refractivity contribution >= 4 is 5.91 Å². The van der Waals surface area contributed by atoms with Gasteiger partial charge in [0.1, 0.15) is 12.1 Å². The number of amides is 1. The van der Waals surface area contributed by atoms with Gasteiger partial charge in [-0.3, -0.25) is 9.69 Å². The van der Waals surface area contributed by atoms with Crippen LogP contribution in [-0.2, 0) is 19.5 Å². The van der Waals surface area contributed by atoms with E-state index in [0.717, 1.165) is 44.2 Å². The van der Waals surface area contributed by atoms with Gasteiger partial charge < -0.3 is 14.3 Å². The largest absolute Gasteiger partial charge is 0.472 e. The summed E-state index contributed by atoms with van der Waals surface area (Å²) >= 11 is 0. The maximum absolute atomic E-state index is 12.7. The molecule has 0 radical (unpaired) electrons. The second-order valence-electron chi connectivity index (χ2n) is 9.87. The topological polar surface area (TPSA) is 76.2 Å². The summed E-state index contributed by atoms with van der Waals surface area (Å²) in [6.45, 7) is 9.84. The highest BCUT2D eigenvalue weighted by molar-refractivity contribution is 5.94. The molecular formula is C29H33N5O2. The third-order valence-corrected chi connectivity index (χ3v) is 6.98. The molecule has 3 heterocycles. The zero-order valence-electron chi connectivity index (χ0n) is 21.1. The Morgan fingerprint density at radius 3 is 2.56 bits per heavy atom. The summed E-state index contributed by atoms with van der Waals surface area (Å²) < 4.78 is 7.27. The van der Waals surface area contributed by atoms with E-state index in [-0.39, 0.29) is 17.9 Å². The summed E-state index contributed by atoms with van der Waals surface area (Å²) in [6.07, 6.45) is 3.80. The number of hydrogen-bond donors (Lipinski definition) is 1. The number of furan rings is 1. The average Bonchev–Trinajstić information content (AvgIpc) is 3.51. The van der Waals surface area contributed by atoms with E-state index in [9.17, 15) is 4.79 Å². The number of rotatable bonds is 7. The van der Waals surface area contributed by atoms with Crippen LogP contribution in [0.3, 0.4) is 0 Å². The van der Waals surface area contributed by atoms with E-state index in [2.05, 4.69) is 94.3 Å². The van der Waals surface area contributed by atoms with Crippen molar-refractivity contribution in [2.24, 2.45) is 5.92 Å². The molecule has 1 aliphatic heterocycles. The Hall–Kier alpha value is -3.71. The zero-order valence-corrected chi connectivity index (χ0v) is 21.1. The predicted octanol–water partition coefficient (Wildman–Crippen LogP) is 5.03. The second kappa shape index (κ2) is 10.5. The van der Waals surface area contributed by atoms with Crippen LogP contribution in [0.4, 0.5) is 0 Å². The number of carbonyl (C=O) groups is 1. The fourth-order valence-corrected chi connectivity index (χ4v) is 4.87. The van der Waals surface area contributed by atoms with Crippen molar-refractivity contribution in [1.29, 1.82) is 0 Å². The molecule has 1 amide bonds. The van der Waals surface area contributed by atoms with Crippen LogP contribution >= 0.6 is 0 Å². The van der Waals surface area contributed by atoms with Crippen molar-refractivity contribution in [3.8, 4) is 11.1 Å². The van der Waals surface area contributed by atoms with Crippen LogP contribution in [0.5, 0.6) is 0 Å². The summed E-state index contributed by atoms with van der Waals surface area (Å²) in [6, 6.07) is 18.8. The van der Waals surface area contributed by atoms with E-state index in [1.165, 1.54) is 34.8 Å². The van der Waals surface area contributed by atoms with Crippen molar-refractivity contribution < 1.29 is 9.21 Å². The molecule has 1 N–H and O–H groups in total. The lowest BCUT2D eigenvalue weighted by molar-refractivity contribution is 0.0921. The van der Waals surface area contributed by atoms with Crippen molar-refractivity contribution in [3.05, 3.63) is 95.5 Å². The van der Waals surface area contributed by atoms with Gasteiger partial charge in [0.05, 0.1) is 17.9 Å². The van der Waals surface area contributed by atoms with E-state index in [1.807, 2.05) is 0 Å². The van der Waals surface area contributed by atoms with Gasteiger partial charge in [-0.2, -0.15) is 0 Å². The summed E-state index contributed by atoms with van der Waals surface area (Å²) in [7, 11) is 0. The molecule has 0 aliphatic carbocycles. The monoisotopic (exact) mass is 483 g/mol. The van der Waals surface area contributed by atoms with Gasteiger partial charge in [0.15, 0.2) is 5.82 Å². The second-order valence-corrected chi connectivity index (χ2v) is 9.87. The van der Waals surface area contributed by atoms with E-state index in [1.54, 1.807) is 6.07 Å². The lowest BCUT2D eigenvalue weighted by Crippen LogP contribution is -2.34. The van der Waals surface area contributed by atoms with Crippen LogP contribution in [0.2, 0.25) is 0 Å². The SMILES string of the molecule is Cc1ccccc1-c1ccc(CN2CCc3nnc(C(NC(=O)c4ccoc4)C(C)C)n3CC2)cc1. The smallest absolute Gasteiger partial charge is 0.255 e. The zero-order chi connectivity index (χ0) is 25.1. The Morgan fingerprint density at radius 1 is 1.03 bits per heavy atom. The number of carbonyl (C=O) groups excluding carboxylic acids is 1. The van der Waals surface area contributed by atoms with Gasteiger partial charge in [0.2, 0.25) is 0 Å². The molecule has 0 saturated carbocycles. The van der Waals surface area contributed by atoms with E-state index >= 15 is 0 Å². The lowest BCUT2D eigenvalue weighted by atomic mass is 9.99. The first-order valence-electron chi connectivity index (χ1n) is 12.6. The van der Waals surface area contributed by atoms with Crippen LogP contribution in [0.1, 0.15) is 53.0 Å². The van der Waals surface area contributed by atoms with E-state index in [4.69, 9.17) is 4.42 Å². The Kier molecular flexibility index (Phi) is 7.00. The minimum absolute atomic E-state index is 0.163.